The molecule has 0 saturated heterocycles. The maximum absolute atomic E-state index is 13.2. The summed E-state index contributed by atoms with van der Waals surface area (Å²) in [6.45, 7) is 0.859. The van der Waals surface area contributed by atoms with Gasteiger partial charge < -0.3 is 14.4 Å². The monoisotopic (exact) mass is 300 g/mol. The molecular weight excluding hydrogens is 283 g/mol. The molecule has 0 bridgehead atoms. The second-order valence-corrected chi connectivity index (χ2v) is 4.20. The normalized spacial score (nSPS) is 10.2. The predicted octanol–water partition coefficient (Wildman–Crippen LogP) is 1.75. The lowest BCUT2D eigenvalue weighted by molar-refractivity contribution is -0.384. The molecule has 0 fully saturated rings. The zero-order valence-electron chi connectivity index (χ0n) is 11.9. The number of hydrogen-bond acceptors (Lipinski definition) is 6. The summed E-state index contributed by atoms with van der Waals surface area (Å²) in [6.07, 6.45) is 0.0642. The summed E-state index contributed by atoms with van der Waals surface area (Å²) in [5.74, 6) is -1.12. The molecule has 0 N–H and O–H groups in total. The Hall–Kier alpha value is -2.22. The van der Waals surface area contributed by atoms with Gasteiger partial charge in [-0.25, -0.2) is 4.39 Å². The molecule has 0 aromatic heterocycles. The predicted molar refractivity (Wildman–Crippen MR) is 73.8 cm³/mol. The van der Waals surface area contributed by atoms with Crippen molar-refractivity contribution in [1.82, 2.24) is 0 Å². The lowest BCUT2D eigenvalue weighted by Gasteiger charge is -2.23. The average Bonchev–Trinajstić information content (AvgIpc) is 2.47. The van der Waals surface area contributed by atoms with Crippen molar-refractivity contribution in [2.45, 2.75) is 6.42 Å². The quantitative estimate of drug-likeness (QED) is 0.413. The molecule has 0 unspecified atom stereocenters. The van der Waals surface area contributed by atoms with Crippen molar-refractivity contribution in [3.8, 4) is 0 Å². The van der Waals surface area contributed by atoms with Gasteiger partial charge >= 0.3 is 5.97 Å². The van der Waals surface area contributed by atoms with Gasteiger partial charge in [0.1, 0.15) is 11.5 Å². The fourth-order valence-electron chi connectivity index (χ4n) is 1.79. The summed E-state index contributed by atoms with van der Waals surface area (Å²) < 4.78 is 22.7. The highest BCUT2D eigenvalue weighted by atomic mass is 19.1. The topological polar surface area (TPSA) is 81.9 Å². The summed E-state index contributed by atoms with van der Waals surface area (Å²) >= 11 is 0. The number of nitro groups is 1. The minimum Gasteiger partial charge on any atom is -0.469 e. The van der Waals surface area contributed by atoms with E-state index in [0.717, 1.165) is 12.1 Å². The Labute approximate surface area is 121 Å². The zero-order chi connectivity index (χ0) is 15.8. The first-order valence-corrected chi connectivity index (χ1v) is 6.24. The van der Waals surface area contributed by atoms with Crippen LogP contribution < -0.4 is 4.90 Å². The zero-order valence-corrected chi connectivity index (χ0v) is 11.9. The molecule has 1 aromatic rings. The van der Waals surface area contributed by atoms with Crippen molar-refractivity contribution in [2.75, 3.05) is 38.8 Å². The third-order valence-corrected chi connectivity index (χ3v) is 2.85. The first-order valence-electron chi connectivity index (χ1n) is 6.24. The van der Waals surface area contributed by atoms with Gasteiger partial charge in [-0.15, -0.1) is 0 Å². The highest BCUT2D eigenvalue weighted by Crippen LogP contribution is 2.29. The van der Waals surface area contributed by atoms with Crippen molar-refractivity contribution >= 4 is 17.3 Å². The fourth-order valence-corrected chi connectivity index (χ4v) is 1.79. The molecule has 1 rings (SSSR count). The molecular formula is C13H17FN2O5. The number of nitrogens with zero attached hydrogens (tertiary/aromatic N) is 2. The van der Waals surface area contributed by atoms with Gasteiger partial charge in [-0.1, -0.05) is 0 Å². The molecule has 0 atom stereocenters. The minimum absolute atomic E-state index is 0.0642. The van der Waals surface area contributed by atoms with Crippen LogP contribution in [0.5, 0.6) is 0 Å². The molecule has 0 spiro atoms. The lowest BCUT2D eigenvalue weighted by Crippen LogP contribution is -2.30. The van der Waals surface area contributed by atoms with Crippen LogP contribution in [0, 0.1) is 15.9 Å². The van der Waals surface area contributed by atoms with Crippen LogP contribution in [-0.2, 0) is 14.3 Å². The van der Waals surface area contributed by atoms with Gasteiger partial charge in [-0.2, -0.15) is 0 Å². The molecule has 1 aromatic carbocycles. The Kier molecular flexibility index (Phi) is 6.54. The van der Waals surface area contributed by atoms with Crippen LogP contribution in [0.4, 0.5) is 15.8 Å². The first-order chi connectivity index (χ1) is 9.99. The van der Waals surface area contributed by atoms with E-state index in [9.17, 15) is 19.3 Å². The van der Waals surface area contributed by atoms with Gasteiger partial charge in [0.15, 0.2) is 0 Å². The Morgan fingerprint density at radius 2 is 2.10 bits per heavy atom. The molecule has 7 nitrogen and oxygen atoms in total. The van der Waals surface area contributed by atoms with Crippen LogP contribution in [0.2, 0.25) is 0 Å². The minimum atomic E-state index is -0.690. The van der Waals surface area contributed by atoms with E-state index < -0.39 is 16.7 Å². The van der Waals surface area contributed by atoms with Crippen molar-refractivity contribution < 1.29 is 23.6 Å². The average molecular weight is 300 g/mol. The summed E-state index contributed by atoms with van der Waals surface area (Å²) in [4.78, 5) is 23.2. The van der Waals surface area contributed by atoms with Crippen LogP contribution in [0.15, 0.2) is 18.2 Å². The number of anilines is 1. The largest absolute Gasteiger partial charge is 0.469 e. The van der Waals surface area contributed by atoms with E-state index in [2.05, 4.69) is 4.74 Å². The van der Waals surface area contributed by atoms with Crippen molar-refractivity contribution in [2.24, 2.45) is 0 Å². The van der Waals surface area contributed by atoms with Gasteiger partial charge in [-0.3, -0.25) is 14.9 Å². The number of carbonyl (C=O) groups excluding carboxylic acids is 1. The van der Waals surface area contributed by atoms with Crippen LogP contribution >= 0.6 is 0 Å². The Bertz CT molecular complexity index is 509. The standard InChI is InChI=1S/C13H17FN2O5/c1-20-8-7-15(6-5-13(17)21-2)11-4-3-10(14)9-12(11)16(18)19/h3-4,9H,5-8H2,1-2H3. The Morgan fingerprint density at radius 1 is 1.38 bits per heavy atom. The second-order valence-electron chi connectivity index (χ2n) is 4.20. The van der Waals surface area contributed by atoms with Crippen LogP contribution in [0.25, 0.3) is 0 Å². The lowest BCUT2D eigenvalue weighted by atomic mass is 10.2. The summed E-state index contributed by atoms with van der Waals surface area (Å²) in [7, 11) is 2.76. The van der Waals surface area contributed by atoms with Crippen molar-refractivity contribution in [3.05, 3.63) is 34.1 Å². The second kappa shape index (κ2) is 8.15. The van der Waals surface area contributed by atoms with E-state index in [1.807, 2.05) is 0 Å². The van der Waals surface area contributed by atoms with E-state index in [-0.39, 0.29) is 24.3 Å². The molecule has 0 aliphatic rings. The molecule has 21 heavy (non-hydrogen) atoms. The molecule has 0 saturated carbocycles. The number of esters is 1. The van der Waals surface area contributed by atoms with Crippen LogP contribution in [0.3, 0.4) is 0 Å². The smallest absolute Gasteiger partial charge is 0.307 e. The number of methoxy groups -OCH3 is 2. The molecule has 116 valence electrons. The van der Waals surface area contributed by atoms with E-state index in [1.54, 1.807) is 4.90 Å². The van der Waals surface area contributed by atoms with E-state index in [0.29, 0.717) is 13.2 Å². The third-order valence-electron chi connectivity index (χ3n) is 2.85. The van der Waals surface area contributed by atoms with Crippen LogP contribution in [-0.4, -0.2) is 44.8 Å². The number of ether oxygens (including phenoxy) is 2. The van der Waals surface area contributed by atoms with Gasteiger partial charge in [-0.05, 0) is 12.1 Å². The van der Waals surface area contributed by atoms with E-state index in [4.69, 9.17) is 4.74 Å². The molecule has 0 amide bonds. The number of halogens is 1. The van der Waals surface area contributed by atoms with E-state index in [1.165, 1.54) is 20.3 Å². The number of carbonyl (C=O) groups is 1. The highest BCUT2D eigenvalue weighted by molar-refractivity contribution is 5.71. The summed E-state index contributed by atoms with van der Waals surface area (Å²) in [5.41, 5.74) is -0.113. The summed E-state index contributed by atoms with van der Waals surface area (Å²) in [5, 5.41) is 11.0. The number of hydrogen-bond donors (Lipinski definition) is 0. The highest BCUT2D eigenvalue weighted by Gasteiger charge is 2.21. The Morgan fingerprint density at radius 3 is 2.67 bits per heavy atom. The molecule has 0 radical (unpaired) electrons. The number of nitro benzene ring substituents is 1. The SMILES string of the molecule is COCCN(CCC(=O)OC)c1ccc(F)cc1[N+](=O)[O-]. The number of rotatable bonds is 8. The maximum Gasteiger partial charge on any atom is 0.307 e. The van der Waals surface area contributed by atoms with Gasteiger partial charge in [0.2, 0.25) is 0 Å². The van der Waals surface area contributed by atoms with Gasteiger partial charge in [0, 0.05) is 20.2 Å². The number of benzene rings is 1. The third kappa shape index (κ3) is 4.99. The molecule has 0 aliphatic carbocycles. The van der Waals surface area contributed by atoms with Gasteiger partial charge in [0.25, 0.3) is 5.69 Å². The molecule has 8 heteroatoms. The Balaban J connectivity index is 3.01. The maximum atomic E-state index is 13.2. The first kappa shape index (κ1) is 16.8. The molecule has 0 heterocycles. The van der Waals surface area contributed by atoms with Crippen LogP contribution in [0.1, 0.15) is 6.42 Å². The van der Waals surface area contributed by atoms with Crippen molar-refractivity contribution in [1.29, 1.82) is 0 Å². The van der Waals surface area contributed by atoms with Crippen molar-refractivity contribution in [3.63, 3.8) is 0 Å². The van der Waals surface area contributed by atoms with Gasteiger partial charge in [0.05, 0.1) is 31.1 Å². The summed E-state index contributed by atoms with van der Waals surface area (Å²) in [6, 6.07) is 3.31. The fraction of sp³-hybridized carbons (Fsp3) is 0.462. The van der Waals surface area contributed by atoms with E-state index >= 15 is 0 Å². The molecule has 0 aliphatic heterocycles.